The average Bonchev–Trinajstić information content (AvgIpc) is 2.93. The van der Waals surface area contributed by atoms with Gasteiger partial charge in [-0.25, -0.2) is 0 Å². The summed E-state index contributed by atoms with van der Waals surface area (Å²) in [5, 5.41) is 11.9. The Balaban J connectivity index is 1.81. The van der Waals surface area contributed by atoms with Crippen LogP contribution in [-0.4, -0.2) is 12.5 Å². The molecule has 104 valence electrons. The fraction of sp³-hybridized carbons (Fsp3) is 0.125. The minimum atomic E-state index is -0.354. The molecule has 0 aromatic heterocycles. The lowest BCUT2D eigenvalue weighted by Gasteiger charge is -2.11. The first-order valence-corrected chi connectivity index (χ1v) is 6.79. The first-order chi connectivity index (χ1) is 10.2. The largest absolute Gasteiger partial charge is 0.492 e. The molecule has 1 heterocycles. The molecule has 1 atom stereocenters. The van der Waals surface area contributed by atoms with Crippen LogP contribution in [0.5, 0.6) is 5.75 Å². The van der Waals surface area contributed by atoms with Gasteiger partial charge in [0.1, 0.15) is 18.3 Å². The Morgan fingerprint density at radius 3 is 2.90 bits per heavy atom. The van der Waals surface area contributed by atoms with Crippen LogP contribution in [-0.2, 0) is 4.79 Å². The van der Waals surface area contributed by atoms with Gasteiger partial charge in [0.05, 0.1) is 22.3 Å². The first-order valence-electron chi connectivity index (χ1n) is 6.41. The van der Waals surface area contributed by atoms with Crippen molar-refractivity contribution in [3.8, 4) is 11.8 Å². The van der Waals surface area contributed by atoms with Gasteiger partial charge in [-0.05, 0) is 24.3 Å². The summed E-state index contributed by atoms with van der Waals surface area (Å²) in [5.74, 6) is 0.211. The van der Waals surface area contributed by atoms with E-state index in [0.29, 0.717) is 22.9 Å². The number of hydrogen-bond acceptors (Lipinski definition) is 3. The number of nitrogens with one attached hydrogen (secondary N) is 1. The summed E-state index contributed by atoms with van der Waals surface area (Å²) in [6, 6.07) is 14.2. The zero-order chi connectivity index (χ0) is 14.8. The van der Waals surface area contributed by atoms with Crippen molar-refractivity contribution < 1.29 is 9.53 Å². The van der Waals surface area contributed by atoms with E-state index < -0.39 is 0 Å². The third-order valence-corrected chi connectivity index (χ3v) is 3.69. The second kappa shape index (κ2) is 5.47. The number of carbonyl (C=O) groups is 1. The minimum Gasteiger partial charge on any atom is -0.492 e. The van der Waals surface area contributed by atoms with E-state index in [1.807, 2.05) is 30.3 Å². The van der Waals surface area contributed by atoms with E-state index in [1.165, 1.54) is 6.07 Å². The molecule has 0 fully saturated rings. The van der Waals surface area contributed by atoms with Crippen LogP contribution in [0.4, 0.5) is 5.69 Å². The van der Waals surface area contributed by atoms with Gasteiger partial charge in [0.15, 0.2) is 0 Å². The Morgan fingerprint density at radius 1 is 1.33 bits per heavy atom. The summed E-state index contributed by atoms with van der Waals surface area (Å²) < 4.78 is 5.50. The van der Waals surface area contributed by atoms with E-state index in [2.05, 4.69) is 5.32 Å². The molecule has 21 heavy (non-hydrogen) atoms. The lowest BCUT2D eigenvalue weighted by atomic mass is 10.0. The third kappa shape index (κ3) is 2.56. The van der Waals surface area contributed by atoms with Crippen molar-refractivity contribution >= 4 is 23.2 Å². The van der Waals surface area contributed by atoms with Crippen LogP contribution < -0.4 is 10.1 Å². The maximum absolute atomic E-state index is 12.4. The van der Waals surface area contributed by atoms with Gasteiger partial charge in [-0.15, -0.1) is 0 Å². The molecule has 0 saturated heterocycles. The highest BCUT2D eigenvalue weighted by Gasteiger charge is 2.30. The number of anilines is 1. The summed E-state index contributed by atoms with van der Waals surface area (Å²) in [7, 11) is 0. The predicted molar refractivity (Wildman–Crippen MR) is 79.5 cm³/mol. The number of ether oxygens (including phenoxy) is 1. The molecule has 0 aliphatic carbocycles. The average molecular weight is 299 g/mol. The highest BCUT2D eigenvalue weighted by atomic mass is 35.5. The number of nitriles is 1. The van der Waals surface area contributed by atoms with Crippen molar-refractivity contribution in [3.63, 3.8) is 0 Å². The fourth-order valence-corrected chi connectivity index (χ4v) is 2.51. The molecule has 1 aliphatic rings. The standard InChI is InChI=1S/C16H11ClN2O2/c17-13-7-10(8-18)5-6-14(13)19-16(20)12-9-21-15-4-2-1-3-11(12)15/h1-7,12H,9H2,(H,19,20). The van der Waals surface area contributed by atoms with Gasteiger partial charge in [0, 0.05) is 5.56 Å². The normalized spacial score (nSPS) is 15.7. The van der Waals surface area contributed by atoms with Crippen LogP contribution in [0.1, 0.15) is 17.0 Å². The second-order valence-electron chi connectivity index (χ2n) is 4.70. The molecule has 0 bridgehead atoms. The van der Waals surface area contributed by atoms with Crippen LogP contribution in [0.25, 0.3) is 0 Å². The van der Waals surface area contributed by atoms with Crippen molar-refractivity contribution in [3.05, 3.63) is 58.6 Å². The third-order valence-electron chi connectivity index (χ3n) is 3.37. The SMILES string of the molecule is N#Cc1ccc(NC(=O)C2COc3ccccc32)c(Cl)c1. The van der Waals surface area contributed by atoms with Crippen LogP contribution in [0.3, 0.4) is 0 Å². The maximum Gasteiger partial charge on any atom is 0.235 e. The molecule has 0 saturated carbocycles. The van der Waals surface area contributed by atoms with Gasteiger partial charge < -0.3 is 10.1 Å². The van der Waals surface area contributed by atoms with E-state index in [-0.39, 0.29) is 11.8 Å². The van der Waals surface area contributed by atoms with Gasteiger partial charge in [-0.3, -0.25) is 4.79 Å². The van der Waals surface area contributed by atoms with Gasteiger partial charge in [0.25, 0.3) is 0 Å². The van der Waals surface area contributed by atoms with Crippen molar-refractivity contribution in [2.45, 2.75) is 5.92 Å². The number of amides is 1. The van der Waals surface area contributed by atoms with Gasteiger partial charge in [-0.1, -0.05) is 29.8 Å². The van der Waals surface area contributed by atoms with Gasteiger partial charge in [0.2, 0.25) is 5.91 Å². The summed E-state index contributed by atoms with van der Waals surface area (Å²) in [4.78, 5) is 12.4. The molecule has 1 amide bonds. The molecule has 4 nitrogen and oxygen atoms in total. The molecule has 0 radical (unpaired) electrons. The topological polar surface area (TPSA) is 62.1 Å². The molecule has 5 heteroatoms. The predicted octanol–water partition coefficient (Wildman–Crippen LogP) is 3.33. The van der Waals surface area contributed by atoms with Crippen LogP contribution in [0.15, 0.2) is 42.5 Å². The Morgan fingerprint density at radius 2 is 2.14 bits per heavy atom. The van der Waals surface area contributed by atoms with E-state index in [1.54, 1.807) is 12.1 Å². The van der Waals surface area contributed by atoms with Crippen molar-refractivity contribution in [1.29, 1.82) is 5.26 Å². The number of nitrogens with zero attached hydrogens (tertiary/aromatic N) is 1. The number of rotatable bonds is 2. The number of para-hydroxylation sites is 1. The highest BCUT2D eigenvalue weighted by molar-refractivity contribution is 6.33. The van der Waals surface area contributed by atoms with Gasteiger partial charge in [-0.2, -0.15) is 5.26 Å². The lowest BCUT2D eigenvalue weighted by Crippen LogP contribution is -2.22. The lowest BCUT2D eigenvalue weighted by molar-refractivity contribution is -0.117. The number of carbonyl (C=O) groups excluding carboxylic acids is 1. The Hall–Kier alpha value is -2.51. The number of fused-ring (bicyclic) bond motifs is 1. The highest BCUT2D eigenvalue weighted by Crippen LogP contribution is 2.34. The first kappa shape index (κ1) is 13.5. The monoisotopic (exact) mass is 298 g/mol. The van der Waals surface area contributed by atoms with Crippen LogP contribution in [0, 0.1) is 11.3 Å². The van der Waals surface area contributed by atoms with Crippen LogP contribution >= 0.6 is 11.6 Å². The minimum absolute atomic E-state index is 0.174. The van der Waals surface area contributed by atoms with E-state index in [9.17, 15) is 4.79 Å². The maximum atomic E-state index is 12.4. The second-order valence-corrected chi connectivity index (χ2v) is 5.10. The smallest absolute Gasteiger partial charge is 0.235 e. The number of benzene rings is 2. The molecule has 1 N–H and O–H groups in total. The Kier molecular flexibility index (Phi) is 3.51. The zero-order valence-electron chi connectivity index (χ0n) is 11.0. The molecule has 0 spiro atoms. The fourth-order valence-electron chi connectivity index (χ4n) is 2.29. The molecule has 2 aromatic rings. The zero-order valence-corrected chi connectivity index (χ0v) is 11.7. The van der Waals surface area contributed by atoms with Crippen molar-refractivity contribution in [2.75, 3.05) is 11.9 Å². The van der Waals surface area contributed by atoms with Crippen LogP contribution in [0.2, 0.25) is 5.02 Å². The quantitative estimate of drug-likeness (QED) is 0.925. The summed E-state index contributed by atoms with van der Waals surface area (Å²) >= 11 is 6.06. The molecule has 1 unspecified atom stereocenters. The molecule has 2 aromatic carbocycles. The molecule has 1 aliphatic heterocycles. The number of halogens is 1. The molecule has 3 rings (SSSR count). The Labute approximate surface area is 126 Å². The number of hydrogen-bond donors (Lipinski definition) is 1. The van der Waals surface area contributed by atoms with Crippen molar-refractivity contribution in [1.82, 2.24) is 0 Å². The summed E-state index contributed by atoms with van der Waals surface area (Å²) in [5.41, 5.74) is 1.82. The molecular weight excluding hydrogens is 288 g/mol. The summed E-state index contributed by atoms with van der Waals surface area (Å²) in [6.07, 6.45) is 0. The van der Waals surface area contributed by atoms with E-state index in [4.69, 9.17) is 21.6 Å². The molecular formula is C16H11ClN2O2. The van der Waals surface area contributed by atoms with E-state index >= 15 is 0 Å². The summed E-state index contributed by atoms with van der Waals surface area (Å²) in [6.45, 7) is 0.319. The van der Waals surface area contributed by atoms with E-state index in [0.717, 1.165) is 11.3 Å². The van der Waals surface area contributed by atoms with Gasteiger partial charge >= 0.3 is 0 Å². The Bertz CT molecular complexity index is 752. The van der Waals surface area contributed by atoms with Crippen molar-refractivity contribution in [2.24, 2.45) is 0 Å².